The van der Waals surface area contributed by atoms with Crippen molar-refractivity contribution in [3.05, 3.63) is 32.7 Å². The Kier molecular flexibility index (Phi) is 5.33. The van der Waals surface area contributed by atoms with E-state index in [0.717, 1.165) is 33.0 Å². The van der Waals surface area contributed by atoms with Gasteiger partial charge in [-0.05, 0) is 28.1 Å². The van der Waals surface area contributed by atoms with E-state index in [4.69, 9.17) is 11.6 Å². The molecule has 0 atom stereocenters. The fraction of sp³-hybridized carbons (Fsp3) is 0.385. The zero-order valence-electron chi connectivity index (χ0n) is 10.8. The average molecular weight is 361 g/mol. The Bertz CT molecular complexity index is 557. The number of halogens is 2. The molecule has 0 aliphatic heterocycles. The van der Waals surface area contributed by atoms with E-state index in [2.05, 4.69) is 45.3 Å². The Morgan fingerprint density at radius 1 is 1.37 bits per heavy atom. The number of aromatic nitrogens is 2. The molecule has 0 aliphatic carbocycles. The molecular weight excluding hydrogens is 346 g/mol. The van der Waals surface area contributed by atoms with Gasteiger partial charge in [-0.2, -0.15) is 0 Å². The van der Waals surface area contributed by atoms with Gasteiger partial charge in [-0.15, -0.1) is 10.2 Å². The van der Waals surface area contributed by atoms with Crippen molar-refractivity contribution in [3.8, 4) is 10.6 Å². The highest BCUT2D eigenvalue weighted by molar-refractivity contribution is 9.10. The van der Waals surface area contributed by atoms with Gasteiger partial charge < -0.3 is 5.32 Å². The number of nitrogens with zero attached hydrogens (tertiary/aromatic N) is 2. The summed E-state index contributed by atoms with van der Waals surface area (Å²) in [5, 5.41) is 14.5. The third-order valence-corrected chi connectivity index (χ3v) is 4.77. The van der Waals surface area contributed by atoms with Crippen LogP contribution in [0.2, 0.25) is 5.02 Å². The van der Waals surface area contributed by atoms with Crippen molar-refractivity contribution in [1.29, 1.82) is 0 Å². The van der Waals surface area contributed by atoms with E-state index < -0.39 is 0 Å². The molecule has 6 heteroatoms. The van der Waals surface area contributed by atoms with Crippen molar-refractivity contribution in [1.82, 2.24) is 15.5 Å². The molecular formula is C13H15BrClN3S. The molecule has 0 fully saturated rings. The highest BCUT2D eigenvalue weighted by Gasteiger charge is 2.08. The molecule has 0 bridgehead atoms. The van der Waals surface area contributed by atoms with Crippen molar-refractivity contribution >= 4 is 38.9 Å². The quantitative estimate of drug-likeness (QED) is 0.870. The summed E-state index contributed by atoms with van der Waals surface area (Å²) in [6.07, 6.45) is 0.907. The van der Waals surface area contributed by atoms with Gasteiger partial charge in [0.1, 0.15) is 10.0 Å². The fourth-order valence-corrected chi connectivity index (χ4v) is 2.90. The van der Waals surface area contributed by atoms with E-state index in [-0.39, 0.29) is 0 Å². The topological polar surface area (TPSA) is 37.8 Å². The van der Waals surface area contributed by atoms with E-state index in [9.17, 15) is 0 Å². The molecule has 19 heavy (non-hydrogen) atoms. The minimum atomic E-state index is 0.500. The van der Waals surface area contributed by atoms with Crippen LogP contribution >= 0.6 is 38.9 Å². The summed E-state index contributed by atoms with van der Waals surface area (Å²) in [5.74, 6) is 0. The van der Waals surface area contributed by atoms with Gasteiger partial charge in [-0.3, -0.25) is 0 Å². The molecule has 1 aromatic heterocycles. The number of benzene rings is 1. The first-order chi connectivity index (χ1) is 9.06. The van der Waals surface area contributed by atoms with Gasteiger partial charge in [-0.1, -0.05) is 42.9 Å². The molecule has 3 nitrogen and oxygen atoms in total. The lowest BCUT2D eigenvalue weighted by molar-refractivity contribution is 0.588. The molecule has 0 saturated heterocycles. The molecule has 0 radical (unpaired) electrons. The van der Waals surface area contributed by atoms with Crippen LogP contribution in [0.1, 0.15) is 18.9 Å². The molecule has 0 amide bonds. The van der Waals surface area contributed by atoms with Gasteiger partial charge in [0.2, 0.25) is 0 Å². The normalized spacial score (nSPS) is 11.2. The van der Waals surface area contributed by atoms with Crippen LogP contribution in [0.5, 0.6) is 0 Å². The smallest absolute Gasteiger partial charge is 0.147 e. The lowest BCUT2D eigenvalue weighted by Crippen LogP contribution is -2.24. The van der Waals surface area contributed by atoms with Crippen molar-refractivity contribution < 1.29 is 0 Å². The maximum Gasteiger partial charge on any atom is 0.147 e. The maximum absolute atomic E-state index is 5.98. The highest BCUT2D eigenvalue weighted by Crippen LogP contribution is 2.30. The second-order valence-electron chi connectivity index (χ2n) is 4.49. The standard InChI is InChI=1S/C13H15BrClN3S/c1-8(2)16-6-5-12-17-18-13(19-12)9-3-4-11(15)10(14)7-9/h3-4,7-8,16H,5-6H2,1-2H3. The summed E-state index contributed by atoms with van der Waals surface area (Å²) in [6, 6.07) is 6.30. The Labute approximate surface area is 130 Å². The molecule has 2 aromatic rings. The van der Waals surface area contributed by atoms with Gasteiger partial charge in [-0.25, -0.2) is 0 Å². The molecule has 1 heterocycles. The Balaban J connectivity index is 2.05. The Morgan fingerprint density at radius 3 is 2.84 bits per heavy atom. The largest absolute Gasteiger partial charge is 0.314 e. The average Bonchev–Trinajstić information content (AvgIpc) is 2.81. The second kappa shape index (κ2) is 6.79. The van der Waals surface area contributed by atoms with Crippen LogP contribution in [0.3, 0.4) is 0 Å². The first-order valence-electron chi connectivity index (χ1n) is 6.07. The van der Waals surface area contributed by atoms with Gasteiger partial charge in [0.15, 0.2) is 0 Å². The summed E-state index contributed by atoms with van der Waals surface area (Å²) in [5.41, 5.74) is 1.04. The van der Waals surface area contributed by atoms with Crippen LogP contribution in [0.25, 0.3) is 10.6 Å². The number of hydrogen-bond acceptors (Lipinski definition) is 4. The van der Waals surface area contributed by atoms with Crippen LogP contribution < -0.4 is 5.32 Å². The van der Waals surface area contributed by atoms with Gasteiger partial charge in [0.25, 0.3) is 0 Å². The fourth-order valence-electron chi connectivity index (χ4n) is 1.57. The second-order valence-corrected chi connectivity index (χ2v) is 6.81. The number of nitrogens with one attached hydrogen (secondary N) is 1. The summed E-state index contributed by atoms with van der Waals surface area (Å²) in [4.78, 5) is 0. The van der Waals surface area contributed by atoms with Gasteiger partial charge >= 0.3 is 0 Å². The number of rotatable bonds is 5. The first kappa shape index (κ1) is 14.9. The molecule has 1 aromatic carbocycles. The van der Waals surface area contributed by atoms with E-state index in [0.29, 0.717) is 11.1 Å². The molecule has 0 unspecified atom stereocenters. The Morgan fingerprint density at radius 2 is 2.16 bits per heavy atom. The van der Waals surface area contributed by atoms with Crippen LogP contribution in [0.4, 0.5) is 0 Å². The summed E-state index contributed by atoms with van der Waals surface area (Å²) < 4.78 is 0.880. The van der Waals surface area contributed by atoms with Crippen LogP contribution in [0, 0.1) is 0 Å². The summed E-state index contributed by atoms with van der Waals surface area (Å²) in [7, 11) is 0. The first-order valence-corrected chi connectivity index (χ1v) is 8.06. The molecule has 0 aliphatic rings. The van der Waals surface area contributed by atoms with Gasteiger partial charge in [0, 0.05) is 29.0 Å². The lowest BCUT2D eigenvalue weighted by Gasteiger charge is -2.05. The van der Waals surface area contributed by atoms with E-state index in [1.807, 2.05) is 18.2 Å². The third kappa shape index (κ3) is 4.24. The zero-order chi connectivity index (χ0) is 13.8. The number of hydrogen-bond donors (Lipinski definition) is 1. The van der Waals surface area contributed by atoms with Crippen molar-refractivity contribution in [2.75, 3.05) is 6.54 Å². The maximum atomic E-state index is 5.98. The SMILES string of the molecule is CC(C)NCCc1nnc(-c2ccc(Cl)c(Br)c2)s1. The summed E-state index contributed by atoms with van der Waals surface area (Å²) in [6.45, 7) is 5.20. The minimum absolute atomic E-state index is 0.500. The molecule has 0 saturated carbocycles. The van der Waals surface area contributed by atoms with Crippen LogP contribution in [0.15, 0.2) is 22.7 Å². The zero-order valence-corrected chi connectivity index (χ0v) is 13.9. The van der Waals surface area contributed by atoms with Gasteiger partial charge in [0.05, 0.1) is 5.02 Å². The predicted octanol–water partition coefficient (Wildman–Crippen LogP) is 4.16. The monoisotopic (exact) mass is 359 g/mol. The predicted molar refractivity (Wildman–Crippen MR) is 84.9 cm³/mol. The highest BCUT2D eigenvalue weighted by atomic mass is 79.9. The Hall–Kier alpha value is -0.490. The van der Waals surface area contributed by atoms with E-state index >= 15 is 0 Å². The van der Waals surface area contributed by atoms with Crippen LogP contribution in [-0.4, -0.2) is 22.8 Å². The lowest BCUT2D eigenvalue weighted by atomic mass is 10.2. The van der Waals surface area contributed by atoms with Crippen molar-refractivity contribution in [3.63, 3.8) is 0 Å². The minimum Gasteiger partial charge on any atom is -0.314 e. The molecule has 2 rings (SSSR count). The third-order valence-electron chi connectivity index (χ3n) is 2.52. The molecule has 0 spiro atoms. The van der Waals surface area contributed by atoms with Crippen molar-refractivity contribution in [2.24, 2.45) is 0 Å². The summed E-state index contributed by atoms with van der Waals surface area (Å²) >= 11 is 11.0. The van der Waals surface area contributed by atoms with E-state index in [1.54, 1.807) is 11.3 Å². The van der Waals surface area contributed by atoms with Crippen LogP contribution in [-0.2, 0) is 6.42 Å². The van der Waals surface area contributed by atoms with Crippen molar-refractivity contribution in [2.45, 2.75) is 26.3 Å². The van der Waals surface area contributed by atoms with E-state index in [1.165, 1.54) is 0 Å². The molecule has 1 N–H and O–H groups in total. The molecule has 102 valence electrons.